The predicted octanol–water partition coefficient (Wildman–Crippen LogP) is 1.38. The summed E-state index contributed by atoms with van der Waals surface area (Å²) in [5, 5.41) is 28.3. The van der Waals surface area contributed by atoms with Crippen LogP contribution in [0.3, 0.4) is 0 Å². The number of halogens is 2. The van der Waals surface area contributed by atoms with Crippen molar-refractivity contribution in [1.29, 1.82) is 0 Å². The number of phenols is 1. The van der Waals surface area contributed by atoms with Crippen LogP contribution in [0.25, 0.3) is 0 Å². The van der Waals surface area contributed by atoms with E-state index in [2.05, 4.69) is 12.6 Å². The van der Waals surface area contributed by atoms with Crippen molar-refractivity contribution in [3.8, 4) is 5.75 Å². The van der Waals surface area contributed by atoms with Gasteiger partial charge in [-0.25, -0.2) is 8.78 Å². The number of hydrogen-bond acceptors (Lipinski definition) is 4. The van der Waals surface area contributed by atoms with Crippen molar-refractivity contribution in [2.75, 3.05) is 5.75 Å². The Kier molecular flexibility index (Phi) is 4.52. The third kappa shape index (κ3) is 2.84. The number of phenolic OH excluding ortho intramolecular Hbond substituents is 1. The predicted molar refractivity (Wildman–Crippen MR) is 57.5 cm³/mol. The van der Waals surface area contributed by atoms with E-state index in [4.69, 9.17) is 0 Å². The number of aliphatic hydroxyl groups excluding tert-OH is 2. The average molecular weight is 250 g/mol. The fourth-order valence-electron chi connectivity index (χ4n) is 1.29. The summed E-state index contributed by atoms with van der Waals surface area (Å²) in [5.41, 5.74) is -0.242. The van der Waals surface area contributed by atoms with Crippen molar-refractivity contribution in [3.63, 3.8) is 0 Å². The van der Waals surface area contributed by atoms with Crippen LogP contribution >= 0.6 is 12.6 Å². The molecule has 0 amide bonds. The molecular formula is C10H12F2O3S. The number of rotatable bonds is 4. The Labute approximate surface area is 96.8 Å². The largest absolute Gasteiger partial charge is 0.507 e. The first-order valence-electron chi connectivity index (χ1n) is 4.62. The molecule has 0 fully saturated rings. The number of thiol groups is 1. The minimum absolute atomic E-state index is 0.169. The van der Waals surface area contributed by atoms with Gasteiger partial charge in [0.25, 0.3) is 0 Å². The third-order valence-corrected chi connectivity index (χ3v) is 2.44. The quantitative estimate of drug-likeness (QED) is 0.611. The SMILES string of the molecule is Oc1cc(F)c(F)cc1C(O)C(O)CCS. The Hall–Kier alpha value is -0.850. The van der Waals surface area contributed by atoms with Crippen molar-refractivity contribution in [2.45, 2.75) is 18.6 Å². The molecule has 0 heterocycles. The highest BCUT2D eigenvalue weighted by Crippen LogP contribution is 2.29. The third-order valence-electron chi connectivity index (χ3n) is 2.18. The second kappa shape index (κ2) is 5.47. The topological polar surface area (TPSA) is 60.7 Å². The van der Waals surface area contributed by atoms with Gasteiger partial charge in [-0.15, -0.1) is 0 Å². The summed E-state index contributed by atoms with van der Waals surface area (Å²) in [7, 11) is 0. The lowest BCUT2D eigenvalue weighted by Crippen LogP contribution is -2.19. The summed E-state index contributed by atoms with van der Waals surface area (Å²) in [4.78, 5) is 0. The summed E-state index contributed by atoms with van der Waals surface area (Å²) < 4.78 is 25.6. The monoisotopic (exact) mass is 250 g/mol. The van der Waals surface area contributed by atoms with Crippen molar-refractivity contribution < 1.29 is 24.1 Å². The highest BCUT2D eigenvalue weighted by Gasteiger charge is 2.22. The van der Waals surface area contributed by atoms with E-state index in [9.17, 15) is 24.1 Å². The lowest BCUT2D eigenvalue weighted by molar-refractivity contribution is 0.0156. The van der Waals surface area contributed by atoms with E-state index in [0.717, 1.165) is 0 Å². The molecule has 0 aliphatic heterocycles. The number of hydrogen-bond donors (Lipinski definition) is 4. The van der Waals surface area contributed by atoms with Crippen LogP contribution in [0.1, 0.15) is 18.1 Å². The highest BCUT2D eigenvalue weighted by atomic mass is 32.1. The van der Waals surface area contributed by atoms with Gasteiger partial charge in [0.2, 0.25) is 0 Å². The van der Waals surface area contributed by atoms with Gasteiger partial charge >= 0.3 is 0 Å². The molecule has 0 spiro atoms. The molecule has 0 bridgehead atoms. The zero-order valence-corrected chi connectivity index (χ0v) is 9.16. The first kappa shape index (κ1) is 13.2. The van der Waals surface area contributed by atoms with E-state index >= 15 is 0 Å². The lowest BCUT2D eigenvalue weighted by atomic mass is 10.0. The zero-order chi connectivity index (χ0) is 12.3. The first-order valence-corrected chi connectivity index (χ1v) is 5.25. The van der Waals surface area contributed by atoms with Crippen LogP contribution in [-0.4, -0.2) is 27.2 Å². The van der Waals surface area contributed by atoms with Crippen LogP contribution in [0.15, 0.2) is 12.1 Å². The molecule has 3 N–H and O–H groups in total. The molecule has 2 unspecified atom stereocenters. The summed E-state index contributed by atoms with van der Waals surface area (Å²) in [6.07, 6.45) is -2.49. The van der Waals surface area contributed by atoms with Crippen molar-refractivity contribution in [3.05, 3.63) is 29.3 Å². The summed E-state index contributed by atoms with van der Waals surface area (Å²) in [5.74, 6) is -2.67. The van der Waals surface area contributed by atoms with Crippen LogP contribution < -0.4 is 0 Å². The number of benzene rings is 1. The van der Waals surface area contributed by atoms with Gasteiger partial charge in [-0.2, -0.15) is 12.6 Å². The van der Waals surface area contributed by atoms with Gasteiger partial charge in [-0.05, 0) is 18.2 Å². The Balaban J connectivity index is 2.99. The Morgan fingerprint density at radius 1 is 1.19 bits per heavy atom. The molecule has 1 aromatic rings. The molecule has 1 rings (SSSR count). The molecule has 1 aromatic carbocycles. The van der Waals surface area contributed by atoms with Gasteiger partial charge < -0.3 is 15.3 Å². The molecule has 90 valence electrons. The molecule has 3 nitrogen and oxygen atoms in total. The van der Waals surface area contributed by atoms with Crippen LogP contribution in [-0.2, 0) is 0 Å². The van der Waals surface area contributed by atoms with Crippen molar-refractivity contribution in [2.24, 2.45) is 0 Å². The normalized spacial score (nSPS) is 14.8. The molecule has 0 saturated carbocycles. The van der Waals surface area contributed by atoms with Crippen LogP contribution in [0.5, 0.6) is 5.75 Å². The van der Waals surface area contributed by atoms with E-state index in [0.29, 0.717) is 17.9 Å². The minimum Gasteiger partial charge on any atom is -0.507 e. The highest BCUT2D eigenvalue weighted by molar-refractivity contribution is 7.80. The number of aromatic hydroxyl groups is 1. The Bertz CT molecular complexity index is 373. The maximum absolute atomic E-state index is 12.9. The molecule has 0 radical (unpaired) electrons. The molecule has 0 aliphatic rings. The van der Waals surface area contributed by atoms with Crippen molar-refractivity contribution in [1.82, 2.24) is 0 Å². The van der Waals surface area contributed by atoms with E-state index in [-0.39, 0.29) is 12.0 Å². The maximum atomic E-state index is 12.9. The maximum Gasteiger partial charge on any atom is 0.162 e. The first-order chi connectivity index (χ1) is 7.47. The minimum atomic E-state index is -1.47. The zero-order valence-electron chi connectivity index (χ0n) is 8.27. The molecule has 2 atom stereocenters. The van der Waals surface area contributed by atoms with E-state index in [1.54, 1.807) is 0 Å². The second-order valence-electron chi connectivity index (χ2n) is 3.35. The van der Waals surface area contributed by atoms with E-state index in [1.807, 2.05) is 0 Å². The molecule has 0 aliphatic carbocycles. The Morgan fingerprint density at radius 2 is 1.75 bits per heavy atom. The lowest BCUT2D eigenvalue weighted by Gasteiger charge is -2.18. The fourth-order valence-corrected chi connectivity index (χ4v) is 1.55. The van der Waals surface area contributed by atoms with Gasteiger partial charge in [0.1, 0.15) is 11.9 Å². The van der Waals surface area contributed by atoms with Crippen LogP contribution in [0.4, 0.5) is 8.78 Å². The van der Waals surface area contributed by atoms with Gasteiger partial charge in [0, 0.05) is 11.6 Å². The van der Waals surface area contributed by atoms with Gasteiger partial charge in [0.05, 0.1) is 6.10 Å². The second-order valence-corrected chi connectivity index (χ2v) is 3.80. The standard InChI is InChI=1S/C10H12F2O3S/c11-6-3-5(9(14)4-7(6)12)10(15)8(13)1-2-16/h3-4,8,10,13-16H,1-2H2. The number of aliphatic hydroxyl groups is 2. The average Bonchev–Trinajstić information content (AvgIpc) is 2.23. The molecule has 0 saturated heterocycles. The molecule has 0 aromatic heterocycles. The molecule has 6 heteroatoms. The van der Waals surface area contributed by atoms with E-state index < -0.39 is 29.6 Å². The van der Waals surface area contributed by atoms with Crippen LogP contribution in [0.2, 0.25) is 0 Å². The van der Waals surface area contributed by atoms with Gasteiger partial charge in [-0.1, -0.05) is 0 Å². The molecule has 16 heavy (non-hydrogen) atoms. The summed E-state index contributed by atoms with van der Waals surface area (Å²) in [6.45, 7) is 0. The van der Waals surface area contributed by atoms with Crippen molar-refractivity contribution >= 4 is 12.6 Å². The Morgan fingerprint density at radius 3 is 2.31 bits per heavy atom. The van der Waals surface area contributed by atoms with Crippen LogP contribution in [0, 0.1) is 11.6 Å². The summed E-state index contributed by atoms with van der Waals surface area (Å²) in [6, 6.07) is 1.22. The smallest absolute Gasteiger partial charge is 0.162 e. The molecular weight excluding hydrogens is 238 g/mol. The van der Waals surface area contributed by atoms with Gasteiger partial charge in [-0.3, -0.25) is 0 Å². The summed E-state index contributed by atoms with van der Waals surface area (Å²) >= 11 is 3.86. The van der Waals surface area contributed by atoms with Gasteiger partial charge in [0.15, 0.2) is 11.6 Å². The fraction of sp³-hybridized carbons (Fsp3) is 0.400. The van der Waals surface area contributed by atoms with E-state index in [1.165, 1.54) is 0 Å².